The molecule has 7 nitrogen and oxygen atoms in total. The molecule has 1 aromatic carbocycles. The summed E-state index contributed by atoms with van der Waals surface area (Å²) < 4.78 is 32.4. The second-order valence-corrected chi connectivity index (χ2v) is 8.06. The Kier molecular flexibility index (Phi) is 5.24. The third kappa shape index (κ3) is 3.71. The Morgan fingerprint density at radius 2 is 1.92 bits per heavy atom. The number of aromatic nitrogens is 1. The number of ether oxygens (including phenoxy) is 1. The topological polar surface area (TPSA) is 88.6 Å². The predicted octanol–water partition coefficient (Wildman–Crippen LogP) is 2.44. The van der Waals surface area contributed by atoms with Gasteiger partial charge < -0.3 is 10.1 Å². The first-order valence-electron chi connectivity index (χ1n) is 8.34. The second kappa shape index (κ2) is 7.43. The molecule has 8 heteroatoms. The van der Waals surface area contributed by atoms with Gasteiger partial charge in [-0.25, -0.2) is 13.4 Å². The van der Waals surface area contributed by atoms with Crippen LogP contribution in [0.15, 0.2) is 41.4 Å². The Hall–Kier alpha value is -2.45. The minimum atomic E-state index is -3.70. The first kappa shape index (κ1) is 18.3. The first-order valence-corrected chi connectivity index (χ1v) is 9.78. The molecule has 3 rings (SSSR count). The van der Waals surface area contributed by atoms with E-state index in [1.165, 1.54) is 29.6 Å². The lowest BCUT2D eigenvalue weighted by atomic mass is 10.2. The fourth-order valence-corrected chi connectivity index (χ4v) is 4.58. The van der Waals surface area contributed by atoms with E-state index in [0.717, 1.165) is 18.4 Å². The van der Waals surface area contributed by atoms with Crippen molar-refractivity contribution >= 4 is 21.7 Å². The molecule has 1 amide bonds. The molecule has 2 aromatic rings. The largest absolute Gasteiger partial charge is 0.495 e. The highest BCUT2D eigenvalue weighted by Crippen LogP contribution is 2.30. The highest BCUT2D eigenvalue weighted by atomic mass is 32.2. The van der Waals surface area contributed by atoms with Crippen molar-refractivity contribution in [2.24, 2.45) is 0 Å². The maximum absolute atomic E-state index is 12.9. The van der Waals surface area contributed by atoms with E-state index in [4.69, 9.17) is 4.74 Å². The predicted molar refractivity (Wildman–Crippen MR) is 97.9 cm³/mol. The van der Waals surface area contributed by atoms with Crippen LogP contribution in [0.2, 0.25) is 0 Å². The van der Waals surface area contributed by atoms with Gasteiger partial charge in [0.25, 0.3) is 5.91 Å². The summed E-state index contributed by atoms with van der Waals surface area (Å²) in [6, 6.07) is 7.96. The van der Waals surface area contributed by atoms with Crippen LogP contribution in [0.25, 0.3) is 0 Å². The zero-order valence-electron chi connectivity index (χ0n) is 14.7. The molecular weight excluding hydrogens is 354 g/mol. The maximum Gasteiger partial charge on any atom is 0.256 e. The maximum atomic E-state index is 12.9. The van der Waals surface area contributed by atoms with Gasteiger partial charge in [-0.2, -0.15) is 4.31 Å². The number of rotatable bonds is 5. The quantitative estimate of drug-likeness (QED) is 0.867. The Morgan fingerprint density at radius 1 is 1.19 bits per heavy atom. The minimum absolute atomic E-state index is 0.00625. The van der Waals surface area contributed by atoms with Crippen molar-refractivity contribution in [3.05, 3.63) is 47.7 Å². The molecule has 0 spiro atoms. The highest BCUT2D eigenvalue weighted by molar-refractivity contribution is 7.89. The minimum Gasteiger partial charge on any atom is -0.495 e. The Morgan fingerprint density at radius 3 is 2.58 bits per heavy atom. The van der Waals surface area contributed by atoms with E-state index in [1.807, 2.05) is 13.0 Å². The molecule has 1 fully saturated rings. The van der Waals surface area contributed by atoms with Crippen LogP contribution in [-0.4, -0.2) is 43.8 Å². The van der Waals surface area contributed by atoms with Crippen LogP contribution >= 0.6 is 0 Å². The summed E-state index contributed by atoms with van der Waals surface area (Å²) in [4.78, 5) is 16.6. The molecule has 1 saturated heterocycles. The Balaban J connectivity index is 1.93. The van der Waals surface area contributed by atoms with Crippen LogP contribution in [0.4, 0.5) is 5.82 Å². The molecule has 1 N–H and O–H groups in total. The number of amides is 1. The van der Waals surface area contributed by atoms with Gasteiger partial charge >= 0.3 is 0 Å². The van der Waals surface area contributed by atoms with Gasteiger partial charge in [-0.1, -0.05) is 0 Å². The number of hydrogen-bond donors (Lipinski definition) is 1. The Labute approximate surface area is 153 Å². The van der Waals surface area contributed by atoms with Gasteiger partial charge in [0.1, 0.15) is 16.5 Å². The molecule has 1 aliphatic heterocycles. The van der Waals surface area contributed by atoms with Crippen LogP contribution in [-0.2, 0) is 10.0 Å². The third-order valence-corrected chi connectivity index (χ3v) is 6.19. The first-order chi connectivity index (χ1) is 12.4. The van der Waals surface area contributed by atoms with Gasteiger partial charge in [0.05, 0.1) is 7.11 Å². The summed E-state index contributed by atoms with van der Waals surface area (Å²) in [6.07, 6.45) is 3.27. The number of aryl methyl sites for hydroxylation is 1. The van der Waals surface area contributed by atoms with Crippen LogP contribution in [0.5, 0.6) is 5.75 Å². The van der Waals surface area contributed by atoms with Crippen molar-refractivity contribution in [1.29, 1.82) is 0 Å². The van der Waals surface area contributed by atoms with Crippen molar-refractivity contribution < 1.29 is 17.9 Å². The SMILES string of the molecule is COc1ccc(C(=O)Nc2cc(C)ccn2)cc1S(=O)(=O)N1CCCC1. The molecule has 0 atom stereocenters. The van der Waals surface area contributed by atoms with Crippen molar-refractivity contribution in [1.82, 2.24) is 9.29 Å². The number of pyridine rings is 1. The van der Waals surface area contributed by atoms with Gasteiger partial charge in [-0.05, 0) is 55.7 Å². The lowest BCUT2D eigenvalue weighted by molar-refractivity contribution is 0.102. The zero-order chi connectivity index (χ0) is 18.7. The van der Waals surface area contributed by atoms with Gasteiger partial charge in [0.15, 0.2) is 0 Å². The summed E-state index contributed by atoms with van der Waals surface area (Å²) in [5.41, 5.74) is 1.19. The van der Waals surface area contributed by atoms with Gasteiger partial charge in [-0.3, -0.25) is 4.79 Å². The molecular formula is C18H21N3O4S. The third-order valence-electron chi connectivity index (χ3n) is 4.27. The average molecular weight is 375 g/mol. The molecule has 138 valence electrons. The zero-order valence-corrected chi connectivity index (χ0v) is 15.5. The summed E-state index contributed by atoms with van der Waals surface area (Å²) in [6.45, 7) is 2.86. The van der Waals surface area contributed by atoms with Crippen LogP contribution in [0.1, 0.15) is 28.8 Å². The van der Waals surface area contributed by atoms with Crippen LogP contribution in [0.3, 0.4) is 0 Å². The van der Waals surface area contributed by atoms with Crippen LogP contribution in [0, 0.1) is 6.92 Å². The monoisotopic (exact) mass is 375 g/mol. The fraction of sp³-hybridized carbons (Fsp3) is 0.333. The van der Waals surface area contributed by atoms with Gasteiger partial charge in [0.2, 0.25) is 10.0 Å². The van der Waals surface area contributed by atoms with E-state index < -0.39 is 15.9 Å². The summed E-state index contributed by atoms with van der Waals surface area (Å²) >= 11 is 0. The molecule has 0 unspecified atom stereocenters. The molecule has 0 saturated carbocycles. The number of nitrogens with one attached hydrogen (secondary N) is 1. The Bertz CT molecular complexity index is 922. The van der Waals surface area contributed by atoms with E-state index in [1.54, 1.807) is 12.3 Å². The van der Waals surface area contributed by atoms with Crippen LogP contribution < -0.4 is 10.1 Å². The molecule has 2 heterocycles. The lowest BCUT2D eigenvalue weighted by Crippen LogP contribution is -2.28. The number of carbonyl (C=O) groups excluding carboxylic acids is 1. The molecule has 0 bridgehead atoms. The van der Waals surface area contributed by atoms with E-state index in [-0.39, 0.29) is 16.2 Å². The number of nitrogens with zero attached hydrogens (tertiary/aromatic N) is 2. The second-order valence-electron chi connectivity index (χ2n) is 6.15. The standard InChI is InChI=1S/C18H21N3O4S/c1-13-7-8-19-17(11-13)20-18(22)14-5-6-15(25-2)16(12-14)26(23,24)21-9-3-4-10-21/h5-8,11-12H,3-4,9-10H2,1-2H3,(H,19,20,22). The smallest absolute Gasteiger partial charge is 0.256 e. The van der Waals surface area contributed by atoms with Gasteiger partial charge in [0, 0.05) is 24.8 Å². The highest BCUT2D eigenvalue weighted by Gasteiger charge is 2.30. The van der Waals surface area contributed by atoms with E-state index in [9.17, 15) is 13.2 Å². The molecule has 0 aliphatic carbocycles. The van der Waals surface area contributed by atoms with Crippen molar-refractivity contribution in [3.63, 3.8) is 0 Å². The van der Waals surface area contributed by atoms with Gasteiger partial charge in [-0.15, -0.1) is 0 Å². The number of hydrogen-bond acceptors (Lipinski definition) is 5. The molecule has 1 aromatic heterocycles. The molecule has 26 heavy (non-hydrogen) atoms. The molecule has 0 radical (unpaired) electrons. The van der Waals surface area contributed by atoms with Crippen molar-refractivity contribution in [2.75, 3.05) is 25.5 Å². The van der Waals surface area contributed by atoms with E-state index >= 15 is 0 Å². The average Bonchev–Trinajstić information content (AvgIpc) is 3.16. The normalized spacial score (nSPS) is 15.0. The summed E-state index contributed by atoms with van der Waals surface area (Å²) in [5, 5.41) is 2.69. The van der Waals surface area contributed by atoms with E-state index in [0.29, 0.717) is 18.9 Å². The molecule has 1 aliphatic rings. The van der Waals surface area contributed by atoms with Crippen molar-refractivity contribution in [3.8, 4) is 5.75 Å². The van der Waals surface area contributed by atoms with E-state index in [2.05, 4.69) is 10.3 Å². The number of anilines is 1. The lowest BCUT2D eigenvalue weighted by Gasteiger charge is -2.18. The summed E-state index contributed by atoms with van der Waals surface area (Å²) in [5.74, 6) is 0.209. The summed E-state index contributed by atoms with van der Waals surface area (Å²) in [7, 11) is -2.29. The number of sulfonamides is 1. The van der Waals surface area contributed by atoms with Crippen molar-refractivity contribution in [2.45, 2.75) is 24.7 Å². The number of benzene rings is 1. The number of carbonyl (C=O) groups is 1. The fourth-order valence-electron chi connectivity index (χ4n) is 2.88. The number of methoxy groups -OCH3 is 1.